The summed E-state index contributed by atoms with van der Waals surface area (Å²) in [5.41, 5.74) is 1.55. The zero-order valence-corrected chi connectivity index (χ0v) is 13.4. The van der Waals surface area contributed by atoms with Crippen molar-refractivity contribution < 1.29 is 4.92 Å². The molecule has 0 saturated carbocycles. The lowest BCUT2D eigenvalue weighted by atomic mass is 10.1. The Morgan fingerprint density at radius 3 is 2.24 bits per heavy atom. The van der Waals surface area contributed by atoms with Gasteiger partial charge in [0.25, 0.3) is 0 Å². The number of benzene rings is 1. The maximum absolute atomic E-state index is 11.5. The molecule has 5 nitrogen and oxygen atoms in total. The number of anilines is 2. The normalized spacial score (nSPS) is 10.4. The van der Waals surface area contributed by atoms with Gasteiger partial charge in [0.1, 0.15) is 11.4 Å². The van der Waals surface area contributed by atoms with Gasteiger partial charge < -0.3 is 10.2 Å². The van der Waals surface area contributed by atoms with Gasteiger partial charge in [-0.25, -0.2) is 0 Å². The predicted molar refractivity (Wildman–Crippen MR) is 89.3 cm³/mol. The molecule has 0 aliphatic heterocycles. The molecule has 5 heteroatoms. The minimum atomic E-state index is -0.266. The van der Waals surface area contributed by atoms with Crippen LogP contribution in [0.3, 0.4) is 0 Å². The number of nitro benzene ring substituents is 1. The monoisotopic (exact) mass is 293 g/mol. The smallest absolute Gasteiger partial charge is 0.315 e. The summed E-state index contributed by atoms with van der Waals surface area (Å²) >= 11 is 0. The average Bonchev–Trinajstić information content (AvgIpc) is 2.47. The van der Waals surface area contributed by atoms with Gasteiger partial charge in [-0.15, -0.1) is 0 Å². The topological polar surface area (TPSA) is 58.4 Å². The average molecular weight is 293 g/mol. The van der Waals surface area contributed by atoms with Crippen LogP contribution in [0.5, 0.6) is 0 Å². The highest BCUT2D eigenvalue weighted by Crippen LogP contribution is 2.35. The van der Waals surface area contributed by atoms with E-state index in [2.05, 4.69) is 24.1 Å². The minimum absolute atomic E-state index is 0.201. The molecule has 0 spiro atoms. The molecular weight excluding hydrogens is 266 g/mol. The Labute approximate surface area is 127 Å². The lowest BCUT2D eigenvalue weighted by Gasteiger charge is -2.25. The Hall–Kier alpha value is -1.78. The van der Waals surface area contributed by atoms with Crippen LogP contribution in [0.15, 0.2) is 18.2 Å². The fourth-order valence-corrected chi connectivity index (χ4v) is 2.36. The Morgan fingerprint density at radius 1 is 1.14 bits per heavy atom. The van der Waals surface area contributed by atoms with Crippen molar-refractivity contribution in [3.8, 4) is 0 Å². The molecule has 0 bridgehead atoms. The van der Waals surface area contributed by atoms with Crippen LogP contribution in [0, 0.1) is 10.1 Å². The number of nitrogens with zero attached hydrogens (tertiary/aromatic N) is 2. The van der Waals surface area contributed by atoms with E-state index >= 15 is 0 Å². The van der Waals surface area contributed by atoms with Crippen LogP contribution in [0.2, 0.25) is 0 Å². The predicted octanol–water partition coefficient (Wildman–Crippen LogP) is 4.43. The number of unbranched alkanes of at least 4 members (excludes halogenated alkanes) is 2. The number of nitrogens with one attached hydrogen (secondary N) is 1. The van der Waals surface area contributed by atoms with E-state index in [4.69, 9.17) is 0 Å². The van der Waals surface area contributed by atoms with Crippen LogP contribution >= 0.6 is 0 Å². The number of rotatable bonds is 10. The third-order valence-electron chi connectivity index (χ3n) is 3.47. The third kappa shape index (κ3) is 4.92. The fourth-order valence-electron chi connectivity index (χ4n) is 2.36. The van der Waals surface area contributed by atoms with Crippen molar-refractivity contribution in [1.29, 1.82) is 0 Å². The van der Waals surface area contributed by atoms with Gasteiger partial charge >= 0.3 is 5.69 Å². The van der Waals surface area contributed by atoms with Crippen molar-refractivity contribution in [3.05, 3.63) is 28.3 Å². The molecule has 0 amide bonds. The number of hydrogen-bond donors (Lipinski definition) is 1. The highest BCUT2D eigenvalue weighted by molar-refractivity contribution is 5.77. The quantitative estimate of drug-likeness (QED) is 0.512. The van der Waals surface area contributed by atoms with Gasteiger partial charge in [-0.1, -0.05) is 32.8 Å². The number of nitro groups is 1. The molecule has 0 aromatic heterocycles. The van der Waals surface area contributed by atoms with Gasteiger partial charge in [-0.05, 0) is 31.9 Å². The largest absolute Gasteiger partial charge is 0.380 e. The molecule has 0 aliphatic carbocycles. The first kappa shape index (κ1) is 17.3. The summed E-state index contributed by atoms with van der Waals surface area (Å²) in [4.78, 5) is 13.4. The van der Waals surface area contributed by atoms with E-state index < -0.39 is 0 Å². The lowest BCUT2D eigenvalue weighted by Crippen LogP contribution is -2.26. The molecule has 0 fully saturated rings. The van der Waals surface area contributed by atoms with Crippen molar-refractivity contribution >= 4 is 17.1 Å². The molecule has 0 saturated heterocycles. The van der Waals surface area contributed by atoms with E-state index in [1.165, 1.54) is 0 Å². The van der Waals surface area contributed by atoms with Gasteiger partial charge in [0.15, 0.2) is 0 Å². The van der Waals surface area contributed by atoms with Crippen molar-refractivity contribution in [2.24, 2.45) is 0 Å². The van der Waals surface area contributed by atoms with E-state index in [9.17, 15) is 10.1 Å². The summed E-state index contributed by atoms with van der Waals surface area (Å²) in [7, 11) is 0. The van der Waals surface area contributed by atoms with Crippen LogP contribution in [-0.4, -0.2) is 24.6 Å². The summed E-state index contributed by atoms with van der Waals surface area (Å²) in [5.74, 6) is 0. The molecule has 0 heterocycles. The second kappa shape index (κ2) is 9.21. The maximum atomic E-state index is 11.5. The molecular formula is C16H27N3O2. The molecule has 0 atom stereocenters. The second-order valence-electron chi connectivity index (χ2n) is 5.15. The first-order chi connectivity index (χ1) is 10.2. The van der Waals surface area contributed by atoms with Crippen LogP contribution in [0.25, 0.3) is 0 Å². The zero-order chi connectivity index (χ0) is 15.7. The summed E-state index contributed by atoms with van der Waals surface area (Å²) < 4.78 is 0. The van der Waals surface area contributed by atoms with E-state index in [0.29, 0.717) is 12.2 Å². The first-order valence-corrected chi connectivity index (χ1v) is 7.91. The van der Waals surface area contributed by atoms with Gasteiger partial charge in [0.2, 0.25) is 0 Å². The van der Waals surface area contributed by atoms with E-state index in [1.807, 2.05) is 19.1 Å². The van der Waals surface area contributed by atoms with E-state index in [-0.39, 0.29) is 10.6 Å². The van der Waals surface area contributed by atoms with Crippen molar-refractivity contribution in [1.82, 2.24) is 0 Å². The second-order valence-corrected chi connectivity index (χ2v) is 5.15. The summed E-state index contributed by atoms with van der Waals surface area (Å²) in [6, 6.07) is 5.54. The summed E-state index contributed by atoms with van der Waals surface area (Å²) in [6.07, 6.45) is 4.27. The zero-order valence-electron chi connectivity index (χ0n) is 13.4. The van der Waals surface area contributed by atoms with Crippen LogP contribution in [-0.2, 0) is 0 Å². The van der Waals surface area contributed by atoms with Crippen molar-refractivity contribution in [2.45, 2.75) is 46.5 Å². The van der Waals surface area contributed by atoms with Gasteiger partial charge in [-0.3, -0.25) is 10.1 Å². The Balaban J connectivity index is 3.15. The first-order valence-electron chi connectivity index (χ1n) is 7.91. The van der Waals surface area contributed by atoms with Crippen LogP contribution in [0.1, 0.15) is 46.5 Å². The molecule has 1 aromatic rings. The molecule has 21 heavy (non-hydrogen) atoms. The third-order valence-corrected chi connectivity index (χ3v) is 3.47. The van der Waals surface area contributed by atoms with E-state index in [1.54, 1.807) is 6.07 Å². The van der Waals surface area contributed by atoms with Crippen LogP contribution in [0.4, 0.5) is 17.1 Å². The lowest BCUT2D eigenvalue weighted by molar-refractivity contribution is -0.383. The Morgan fingerprint density at radius 2 is 1.76 bits per heavy atom. The van der Waals surface area contributed by atoms with Gasteiger partial charge in [-0.2, -0.15) is 0 Å². The Bertz CT molecular complexity index is 441. The highest BCUT2D eigenvalue weighted by Gasteiger charge is 2.23. The molecule has 1 rings (SSSR count). The summed E-state index contributed by atoms with van der Waals surface area (Å²) in [5, 5.41) is 14.6. The molecule has 0 radical (unpaired) electrons. The minimum Gasteiger partial charge on any atom is -0.380 e. The number of para-hydroxylation sites is 1. The van der Waals surface area contributed by atoms with Crippen LogP contribution < -0.4 is 10.2 Å². The molecule has 118 valence electrons. The maximum Gasteiger partial charge on any atom is 0.315 e. The fraction of sp³-hybridized carbons (Fsp3) is 0.625. The molecule has 1 N–H and O–H groups in total. The molecule has 0 aliphatic rings. The van der Waals surface area contributed by atoms with Crippen molar-refractivity contribution in [3.63, 3.8) is 0 Å². The van der Waals surface area contributed by atoms with Gasteiger partial charge in [0.05, 0.1) is 4.92 Å². The van der Waals surface area contributed by atoms with Crippen molar-refractivity contribution in [2.75, 3.05) is 29.9 Å². The molecule has 0 unspecified atom stereocenters. The molecule has 1 aromatic carbocycles. The Kier molecular flexibility index (Phi) is 7.58. The van der Waals surface area contributed by atoms with Gasteiger partial charge in [0, 0.05) is 19.6 Å². The SMILES string of the molecule is CCCCN(CCCC)c1cccc(NCC)c1[N+](=O)[O-]. The summed E-state index contributed by atoms with van der Waals surface area (Å²) in [6.45, 7) is 8.64. The standard InChI is InChI=1S/C16H27N3O2/c1-4-7-12-18(13-8-5-2)15-11-9-10-14(17-6-3)16(15)19(20)21/h9-11,17H,4-8,12-13H2,1-3H3. The highest BCUT2D eigenvalue weighted by atomic mass is 16.6. The number of hydrogen-bond acceptors (Lipinski definition) is 4. The van der Waals surface area contributed by atoms with E-state index in [0.717, 1.165) is 44.5 Å².